The fourth-order valence-corrected chi connectivity index (χ4v) is 2.68. The second-order valence-corrected chi connectivity index (χ2v) is 5.01. The fraction of sp³-hybridized carbons (Fsp3) is 0.385. The van der Waals surface area contributed by atoms with Crippen molar-refractivity contribution >= 4 is 23.0 Å². The molecule has 2 aromatic rings. The average Bonchev–Trinajstić information content (AvgIpc) is 2.76. The topological polar surface area (TPSA) is 63.8 Å². The molecule has 3 N–H and O–H groups in total. The summed E-state index contributed by atoms with van der Waals surface area (Å²) in [5.41, 5.74) is 9.54. The van der Waals surface area contributed by atoms with Gasteiger partial charge in [0.25, 0.3) is 0 Å². The predicted octanol–water partition coefficient (Wildman–Crippen LogP) is 2.99. The number of hydrogen-bond donors (Lipinski definition) is 2. The molecule has 2 heterocycles. The maximum Gasteiger partial charge on any atom is 0.134 e. The normalized spacial score (nSPS) is 10.6. The van der Waals surface area contributed by atoms with Crippen LogP contribution >= 0.6 is 11.3 Å². The van der Waals surface area contributed by atoms with E-state index in [2.05, 4.69) is 39.9 Å². The van der Waals surface area contributed by atoms with Crippen molar-refractivity contribution in [2.24, 2.45) is 0 Å². The molecule has 0 bridgehead atoms. The molecule has 5 heteroatoms. The summed E-state index contributed by atoms with van der Waals surface area (Å²) < 4.78 is 0. The summed E-state index contributed by atoms with van der Waals surface area (Å²) in [5, 5.41) is 7.67. The summed E-state index contributed by atoms with van der Waals surface area (Å²) in [5.74, 6) is 1.44. The Morgan fingerprint density at radius 1 is 1.33 bits per heavy atom. The third kappa shape index (κ3) is 2.79. The van der Waals surface area contributed by atoms with E-state index in [-0.39, 0.29) is 0 Å². The SMILES string of the molecule is CCCc1c(N)ncnc1NCc1cscc1C. The molecule has 2 aromatic heterocycles. The number of aryl methyl sites for hydroxylation is 1. The maximum atomic E-state index is 5.90. The van der Waals surface area contributed by atoms with Crippen molar-refractivity contribution in [2.75, 3.05) is 11.1 Å². The van der Waals surface area contributed by atoms with Gasteiger partial charge in [-0.15, -0.1) is 0 Å². The first-order valence-corrected chi connectivity index (χ1v) is 7.01. The lowest BCUT2D eigenvalue weighted by molar-refractivity contribution is 0.901. The Balaban J connectivity index is 2.14. The number of thiophene rings is 1. The number of nitrogens with one attached hydrogen (secondary N) is 1. The number of nitrogens with two attached hydrogens (primary N) is 1. The molecule has 2 rings (SSSR count). The monoisotopic (exact) mass is 262 g/mol. The molecule has 0 amide bonds. The van der Waals surface area contributed by atoms with Crippen LogP contribution in [0.4, 0.5) is 11.6 Å². The highest BCUT2D eigenvalue weighted by Crippen LogP contribution is 2.21. The lowest BCUT2D eigenvalue weighted by Crippen LogP contribution is -2.08. The Bertz CT molecular complexity index is 521. The van der Waals surface area contributed by atoms with Crippen LogP contribution in [0.3, 0.4) is 0 Å². The van der Waals surface area contributed by atoms with Crippen molar-refractivity contribution in [1.82, 2.24) is 9.97 Å². The first kappa shape index (κ1) is 12.8. The summed E-state index contributed by atoms with van der Waals surface area (Å²) in [4.78, 5) is 8.34. The van der Waals surface area contributed by atoms with E-state index in [0.29, 0.717) is 5.82 Å². The average molecular weight is 262 g/mol. The predicted molar refractivity (Wildman–Crippen MR) is 76.8 cm³/mol. The minimum atomic E-state index is 0.580. The molecular formula is C13H18N4S. The number of rotatable bonds is 5. The molecule has 96 valence electrons. The minimum absolute atomic E-state index is 0.580. The van der Waals surface area contributed by atoms with Gasteiger partial charge in [-0.2, -0.15) is 11.3 Å². The molecular weight excluding hydrogens is 244 g/mol. The molecule has 0 aliphatic heterocycles. The van der Waals surface area contributed by atoms with E-state index in [0.717, 1.165) is 30.8 Å². The zero-order valence-corrected chi connectivity index (χ0v) is 11.5. The molecule has 4 nitrogen and oxygen atoms in total. The van der Waals surface area contributed by atoms with Gasteiger partial charge in [-0.1, -0.05) is 13.3 Å². The van der Waals surface area contributed by atoms with Crippen molar-refractivity contribution in [3.05, 3.63) is 33.8 Å². The van der Waals surface area contributed by atoms with Crippen molar-refractivity contribution < 1.29 is 0 Å². The number of hydrogen-bond acceptors (Lipinski definition) is 5. The van der Waals surface area contributed by atoms with Crippen molar-refractivity contribution in [3.63, 3.8) is 0 Å². The molecule has 18 heavy (non-hydrogen) atoms. The number of nitrogens with zero attached hydrogens (tertiary/aromatic N) is 2. The Labute approximate surface area is 111 Å². The number of aromatic nitrogens is 2. The van der Waals surface area contributed by atoms with Gasteiger partial charge < -0.3 is 11.1 Å². The second-order valence-electron chi connectivity index (χ2n) is 4.27. The van der Waals surface area contributed by atoms with E-state index in [9.17, 15) is 0 Å². The van der Waals surface area contributed by atoms with Gasteiger partial charge in [0, 0.05) is 12.1 Å². The molecule has 0 radical (unpaired) electrons. The zero-order chi connectivity index (χ0) is 13.0. The molecule has 0 fully saturated rings. The molecule has 0 spiro atoms. The minimum Gasteiger partial charge on any atom is -0.383 e. The highest BCUT2D eigenvalue weighted by Gasteiger charge is 2.08. The number of nitrogen functional groups attached to an aromatic ring is 1. The van der Waals surface area contributed by atoms with E-state index < -0.39 is 0 Å². The van der Waals surface area contributed by atoms with E-state index in [1.807, 2.05) is 0 Å². The van der Waals surface area contributed by atoms with E-state index in [4.69, 9.17) is 5.73 Å². The first-order valence-electron chi connectivity index (χ1n) is 6.07. The van der Waals surface area contributed by atoms with Gasteiger partial charge in [-0.3, -0.25) is 0 Å². The van der Waals surface area contributed by atoms with Crippen LogP contribution in [0.2, 0.25) is 0 Å². The van der Waals surface area contributed by atoms with Crippen LogP contribution in [0.15, 0.2) is 17.1 Å². The third-order valence-corrected chi connectivity index (χ3v) is 3.80. The van der Waals surface area contributed by atoms with E-state index in [1.165, 1.54) is 17.5 Å². The van der Waals surface area contributed by atoms with Gasteiger partial charge in [0.15, 0.2) is 0 Å². The zero-order valence-electron chi connectivity index (χ0n) is 10.7. The Hall–Kier alpha value is -1.62. The van der Waals surface area contributed by atoms with Gasteiger partial charge in [0.1, 0.15) is 18.0 Å². The highest BCUT2D eigenvalue weighted by atomic mass is 32.1. The van der Waals surface area contributed by atoms with Crippen LogP contribution in [0, 0.1) is 6.92 Å². The molecule has 0 unspecified atom stereocenters. The molecule has 0 aliphatic rings. The molecule has 0 aromatic carbocycles. The summed E-state index contributed by atoms with van der Waals surface area (Å²) in [6, 6.07) is 0. The van der Waals surface area contributed by atoms with Crippen molar-refractivity contribution in [1.29, 1.82) is 0 Å². The molecule has 0 aliphatic carbocycles. The smallest absolute Gasteiger partial charge is 0.134 e. The van der Waals surface area contributed by atoms with Crippen LogP contribution in [-0.2, 0) is 13.0 Å². The lowest BCUT2D eigenvalue weighted by atomic mass is 10.1. The Kier molecular flexibility index (Phi) is 4.15. The van der Waals surface area contributed by atoms with E-state index in [1.54, 1.807) is 11.3 Å². The molecule has 0 saturated carbocycles. The van der Waals surface area contributed by atoms with Crippen LogP contribution in [0.1, 0.15) is 30.0 Å². The van der Waals surface area contributed by atoms with Crippen LogP contribution in [0.5, 0.6) is 0 Å². The van der Waals surface area contributed by atoms with Crippen molar-refractivity contribution in [2.45, 2.75) is 33.2 Å². The quantitative estimate of drug-likeness (QED) is 0.869. The van der Waals surface area contributed by atoms with Crippen molar-refractivity contribution in [3.8, 4) is 0 Å². The van der Waals surface area contributed by atoms with Crippen LogP contribution in [-0.4, -0.2) is 9.97 Å². The van der Waals surface area contributed by atoms with Gasteiger partial charge >= 0.3 is 0 Å². The largest absolute Gasteiger partial charge is 0.383 e. The van der Waals surface area contributed by atoms with Gasteiger partial charge in [-0.05, 0) is 35.2 Å². The third-order valence-electron chi connectivity index (χ3n) is 2.89. The summed E-state index contributed by atoms with van der Waals surface area (Å²) in [6.07, 6.45) is 3.44. The lowest BCUT2D eigenvalue weighted by Gasteiger charge is -2.11. The van der Waals surface area contributed by atoms with Gasteiger partial charge in [-0.25, -0.2) is 9.97 Å². The second kappa shape index (κ2) is 5.82. The van der Waals surface area contributed by atoms with Crippen LogP contribution < -0.4 is 11.1 Å². The first-order chi connectivity index (χ1) is 8.72. The van der Waals surface area contributed by atoms with Crippen LogP contribution in [0.25, 0.3) is 0 Å². The summed E-state index contributed by atoms with van der Waals surface area (Å²) >= 11 is 1.72. The molecule has 0 atom stereocenters. The van der Waals surface area contributed by atoms with E-state index >= 15 is 0 Å². The Morgan fingerprint density at radius 3 is 2.83 bits per heavy atom. The Morgan fingerprint density at radius 2 is 2.17 bits per heavy atom. The standard InChI is InChI=1S/C13H18N4S/c1-3-4-11-12(14)16-8-17-13(11)15-5-10-7-18-6-9(10)2/h6-8H,3-5H2,1-2H3,(H3,14,15,16,17). The van der Waals surface area contributed by atoms with Gasteiger partial charge in [0.05, 0.1) is 0 Å². The van der Waals surface area contributed by atoms with Gasteiger partial charge in [0.2, 0.25) is 0 Å². The summed E-state index contributed by atoms with van der Waals surface area (Å²) in [6.45, 7) is 5.02. The number of anilines is 2. The summed E-state index contributed by atoms with van der Waals surface area (Å²) in [7, 11) is 0. The maximum absolute atomic E-state index is 5.90. The fourth-order valence-electron chi connectivity index (χ4n) is 1.82. The molecule has 0 saturated heterocycles. The highest BCUT2D eigenvalue weighted by molar-refractivity contribution is 7.08.